The minimum Gasteiger partial charge on any atom is -0.326 e. The Kier molecular flexibility index (Phi) is 2.60. The summed E-state index contributed by atoms with van der Waals surface area (Å²) in [6.07, 6.45) is -2.87. The van der Waals surface area contributed by atoms with E-state index in [1.165, 1.54) is 6.20 Å². The highest BCUT2D eigenvalue weighted by atomic mass is 19.4. The predicted molar refractivity (Wildman–Crippen MR) is 40.9 cm³/mol. The van der Waals surface area contributed by atoms with E-state index in [1.807, 2.05) is 0 Å². The van der Waals surface area contributed by atoms with Crippen LogP contribution < -0.4 is 5.73 Å². The molecule has 74 valence electrons. The number of nitrogens with two attached hydrogens (primary N) is 1. The van der Waals surface area contributed by atoms with Crippen LogP contribution in [0.3, 0.4) is 0 Å². The van der Waals surface area contributed by atoms with Crippen LogP contribution in [0.15, 0.2) is 6.20 Å². The van der Waals surface area contributed by atoms with Gasteiger partial charge in [0.15, 0.2) is 0 Å². The van der Waals surface area contributed by atoms with Crippen LogP contribution in [0.5, 0.6) is 0 Å². The van der Waals surface area contributed by atoms with Gasteiger partial charge in [0, 0.05) is 17.8 Å². The van der Waals surface area contributed by atoms with Gasteiger partial charge in [0.25, 0.3) is 0 Å². The zero-order valence-corrected chi connectivity index (χ0v) is 7.10. The number of hydrogen-bond donors (Lipinski definition) is 1. The van der Waals surface area contributed by atoms with E-state index in [2.05, 4.69) is 5.10 Å². The highest BCUT2D eigenvalue weighted by Crippen LogP contribution is 2.18. The largest absolute Gasteiger partial charge is 0.408 e. The van der Waals surface area contributed by atoms with Crippen molar-refractivity contribution in [2.75, 3.05) is 0 Å². The maximum absolute atomic E-state index is 11.9. The Hall–Kier alpha value is -1.04. The minimum absolute atomic E-state index is 0.212. The van der Waals surface area contributed by atoms with E-state index in [9.17, 15) is 13.2 Å². The third-order valence-corrected chi connectivity index (χ3v) is 1.75. The fourth-order valence-corrected chi connectivity index (χ4v) is 1.01. The first-order chi connectivity index (χ1) is 5.94. The van der Waals surface area contributed by atoms with E-state index in [4.69, 9.17) is 5.73 Å². The van der Waals surface area contributed by atoms with Crippen molar-refractivity contribution < 1.29 is 13.2 Å². The molecule has 6 heteroatoms. The maximum atomic E-state index is 11.9. The van der Waals surface area contributed by atoms with E-state index in [1.54, 1.807) is 6.92 Å². The van der Waals surface area contributed by atoms with Gasteiger partial charge >= 0.3 is 6.18 Å². The summed E-state index contributed by atoms with van der Waals surface area (Å²) in [5.41, 5.74) is 6.41. The molecule has 0 spiro atoms. The highest BCUT2D eigenvalue weighted by molar-refractivity contribution is 5.15. The monoisotopic (exact) mass is 193 g/mol. The van der Waals surface area contributed by atoms with E-state index in [0.29, 0.717) is 11.3 Å². The molecule has 0 aromatic carbocycles. The van der Waals surface area contributed by atoms with Gasteiger partial charge in [-0.05, 0) is 6.92 Å². The first-order valence-corrected chi connectivity index (χ1v) is 3.72. The third kappa shape index (κ3) is 2.45. The normalized spacial score (nSPS) is 12.1. The van der Waals surface area contributed by atoms with Gasteiger partial charge in [0.1, 0.15) is 6.54 Å². The topological polar surface area (TPSA) is 43.8 Å². The van der Waals surface area contributed by atoms with Crippen LogP contribution in [0, 0.1) is 6.92 Å². The van der Waals surface area contributed by atoms with Gasteiger partial charge in [-0.25, -0.2) is 0 Å². The Morgan fingerprint density at radius 1 is 1.54 bits per heavy atom. The van der Waals surface area contributed by atoms with Crippen molar-refractivity contribution in [3.8, 4) is 0 Å². The van der Waals surface area contributed by atoms with Crippen LogP contribution in [-0.2, 0) is 13.1 Å². The summed E-state index contributed by atoms with van der Waals surface area (Å²) in [5, 5.41) is 3.59. The molecule has 3 nitrogen and oxygen atoms in total. The summed E-state index contributed by atoms with van der Waals surface area (Å²) in [4.78, 5) is 0. The van der Waals surface area contributed by atoms with Gasteiger partial charge in [-0.3, -0.25) is 4.68 Å². The molecule has 0 aliphatic heterocycles. The van der Waals surface area contributed by atoms with Crippen LogP contribution in [0.25, 0.3) is 0 Å². The lowest BCUT2D eigenvalue weighted by molar-refractivity contribution is -0.142. The smallest absolute Gasteiger partial charge is 0.326 e. The minimum atomic E-state index is -4.23. The molecule has 0 atom stereocenters. The zero-order chi connectivity index (χ0) is 10.1. The molecule has 0 amide bonds. The van der Waals surface area contributed by atoms with E-state index >= 15 is 0 Å². The zero-order valence-electron chi connectivity index (χ0n) is 7.10. The molecule has 0 radical (unpaired) electrons. The third-order valence-electron chi connectivity index (χ3n) is 1.75. The first kappa shape index (κ1) is 10.0. The lowest BCUT2D eigenvalue weighted by atomic mass is 10.3. The standard InChI is InChI=1S/C7H10F3N3/c1-5-6(2-11)3-12-13(5)4-7(8,9)10/h3H,2,4,11H2,1H3. The molecule has 1 rings (SSSR count). The molecule has 1 aromatic heterocycles. The molecule has 0 aliphatic carbocycles. The summed E-state index contributed by atoms with van der Waals surface area (Å²) >= 11 is 0. The lowest BCUT2D eigenvalue weighted by Gasteiger charge is -2.08. The fraction of sp³-hybridized carbons (Fsp3) is 0.571. The number of aromatic nitrogens is 2. The molecule has 0 fully saturated rings. The average Bonchev–Trinajstić information content (AvgIpc) is 2.30. The molecule has 0 saturated heterocycles. The van der Waals surface area contributed by atoms with Crippen molar-refractivity contribution in [2.24, 2.45) is 5.73 Å². The van der Waals surface area contributed by atoms with Crippen LogP contribution in [-0.4, -0.2) is 16.0 Å². The second-order valence-electron chi connectivity index (χ2n) is 2.73. The van der Waals surface area contributed by atoms with Crippen LogP contribution in [0.4, 0.5) is 13.2 Å². The molecule has 0 aliphatic rings. The molecular formula is C7H10F3N3. The van der Waals surface area contributed by atoms with Crippen molar-refractivity contribution in [1.29, 1.82) is 0 Å². The molecule has 0 unspecified atom stereocenters. The molecule has 2 N–H and O–H groups in total. The molecule has 1 aromatic rings. The number of alkyl halides is 3. The van der Waals surface area contributed by atoms with Gasteiger partial charge in [0.2, 0.25) is 0 Å². The van der Waals surface area contributed by atoms with Crippen molar-refractivity contribution in [3.63, 3.8) is 0 Å². The van der Waals surface area contributed by atoms with Gasteiger partial charge in [-0.2, -0.15) is 18.3 Å². The van der Waals surface area contributed by atoms with Crippen molar-refractivity contribution in [2.45, 2.75) is 26.2 Å². The Morgan fingerprint density at radius 3 is 2.54 bits per heavy atom. The van der Waals surface area contributed by atoms with Crippen molar-refractivity contribution in [1.82, 2.24) is 9.78 Å². The molecule has 0 saturated carbocycles. The number of rotatable bonds is 2. The molecular weight excluding hydrogens is 183 g/mol. The van der Waals surface area contributed by atoms with E-state index < -0.39 is 12.7 Å². The predicted octanol–water partition coefficient (Wildman–Crippen LogP) is 1.21. The summed E-state index contributed by atoms with van der Waals surface area (Å²) in [5.74, 6) is 0. The Balaban J connectivity index is 2.84. The highest BCUT2D eigenvalue weighted by Gasteiger charge is 2.29. The van der Waals surface area contributed by atoms with Crippen LogP contribution >= 0.6 is 0 Å². The van der Waals surface area contributed by atoms with E-state index in [-0.39, 0.29) is 6.54 Å². The quantitative estimate of drug-likeness (QED) is 0.767. The average molecular weight is 193 g/mol. The molecule has 0 bridgehead atoms. The van der Waals surface area contributed by atoms with Crippen molar-refractivity contribution >= 4 is 0 Å². The molecule has 13 heavy (non-hydrogen) atoms. The van der Waals surface area contributed by atoms with Gasteiger partial charge < -0.3 is 5.73 Å². The van der Waals surface area contributed by atoms with E-state index in [0.717, 1.165) is 4.68 Å². The second-order valence-corrected chi connectivity index (χ2v) is 2.73. The number of nitrogens with zero attached hydrogens (tertiary/aromatic N) is 2. The SMILES string of the molecule is Cc1c(CN)cnn1CC(F)(F)F. The summed E-state index contributed by atoms with van der Waals surface area (Å²) in [6.45, 7) is 0.726. The Bertz CT molecular complexity index is 290. The Morgan fingerprint density at radius 2 is 2.15 bits per heavy atom. The second kappa shape index (κ2) is 3.37. The van der Waals surface area contributed by atoms with Gasteiger partial charge in [-0.15, -0.1) is 0 Å². The maximum Gasteiger partial charge on any atom is 0.408 e. The lowest BCUT2D eigenvalue weighted by Crippen LogP contribution is -2.19. The summed E-state index contributed by atoms with van der Waals surface area (Å²) in [7, 11) is 0. The Labute approximate surface area is 73.3 Å². The van der Waals surface area contributed by atoms with Gasteiger partial charge in [-0.1, -0.05) is 0 Å². The van der Waals surface area contributed by atoms with Gasteiger partial charge in [0.05, 0.1) is 6.20 Å². The van der Waals surface area contributed by atoms with Crippen molar-refractivity contribution in [3.05, 3.63) is 17.5 Å². The molecule has 1 heterocycles. The summed E-state index contributed by atoms with van der Waals surface area (Å²) < 4.78 is 36.7. The summed E-state index contributed by atoms with van der Waals surface area (Å²) in [6, 6.07) is 0. The number of halogens is 3. The van der Waals surface area contributed by atoms with Crippen LogP contribution in [0.1, 0.15) is 11.3 Å². The number of hydrogen-bond acceptors (Lipinski definition) is 2. The fourth-order valence-electron chi connectivity index (χ4n) is 1.01. The van der Waals surface area contributed by atoms with Crippen LogP contribution in [0.2, 0.25) is 0 Å². The first-order valence-electron chi connectivity index (χ1n) is 3.72.